The van der Waals surface area contributed by atoms with Crippen molar-refractivity contribution in [1.82, 2.24) is 0 Å². The molecule has 0 aliphatic heterocycles. The number of rotatable bonds is 26. The van der Waals surface area contributed by atoms with Crippen molar-refractivity contribution in [3.63, 3.8) is 0 Å². The van der Waals surface area contributed by atoms with E-state index in [1.54, 1.807) is 57.5 Å². The van der Waals surface area contributed by atoms with Crippen LogP contribution >= 0.6 is 68.0 Å². The Hall–Kier alpha value is -10.2. The standard InChI is InChI=1S/C98H78F4N4O2S6/c1-7-11-15-19-23-55-27-35-59(36-28-55)97(60-37-29-56(30-38-60)24-20-16-12-8-2)73-47-70-74(48-69(73)89-85(97)93-95(113-89)91-81(111-93)45-63(109-91)43-71-83(79(53-103)105-5)65-49-75(99)77(101)51-67(65)87(71)107)98(61-39-31-57(32-40-61)25-21-17-13-9-3,62-41-33-58(34-42-62)26-22-18-14-10-4)86-90(70)114-96-92-82(112-94(86)96)46-64(110-92)44-72-84(80(54-104)106-6)66-50-76(100)78(102)52-68(66)88(72)108/h27-52H,7-26H2,1-4H3/b71-43-,72-44-,83-79+,84-80?. The Labute approximate surface area is 685 Å². The maximum absolute atomic E-state index is 15.1. The van der Waals surface area contributed by atoms with E-state index in [4.69, 9.17) is 13.1 Å². The molecule has 0 radical (unpaired) electrons. The third-order valence-corrected chi connectivity index (χ3v) is 31.5. The van der Waals surface area contributed by atoms with E-state index in [0.717, 1.165) is 208 Å². The molecule has 7 aromatic carbocycles. The van der Waals surface area contributed by atoms with Gasteiger partial charge >= 0.3 is 0 Å². The van der Waals surface area contributed by atoms with Gasteiger partial charge in [0.1, 0.15) is 0 Å². The van der Waals surface area contributed by atoms with E-state index in [1.807, 2.05) is 12.1 Å². The molecule has 4 aliphatic rings. The molecule has 0 spiro atoms. The Morgan fingerprint density at radius 1 is 0.377 bits per heavy atom. The van der Waals surface area contributed by atoms with Crippen LogP contribution in [-0.4, -0.2) is 11.6 Å². The number of allylic oxidation sites excluding steroid dienone is 6. The zero-order valence-corrected chi connectivity index (χ0v) is 68.6. The van der Waals surface area contributed by atoms with Crippen LogP contribution in [0.5, 0.6) is 0 Å². The number of thiophene rings is 6. The van der Waals surface area contributed by atoms with Gasteiger partial charge in [0, 0.05) is 73.5 Å². The molecule has 114 heavy (non-hydrogen) atoms. The van der Waals surface area contributed by atoms with Gasteiger partial charge in [-0.25, -0.2) is 37.8 Å². The van der Waals surface area contributed by atoms with Crippen molar-refractivity contribution in [3.8, 4) is 33.0 Å². The lowest BCUT2D eigenvalue weighted by Gasteiger charge is -2.36. The number of benzene rings is 7. The summed E-state index contributed by atoms with van der Waals surface area (Å²) in [5, 5.41) is 20.6. The number of unbranched alkanes of at least 4 members (excludes halogenated alkanes) is 12. The highest BCUT2D eigenvalue weighted by Crippen LogP contribution is 2.69. The molecule has 0 saturated carbocycles. The van der Waals surface area contributed by atoms with E-state index in [1.165, 1.54) is 92.9 Å². The smallest absolute Gasteiger partial charge is 0.270 e. The molecule has 0 fully saturated rings. The minimum absolute atomic E-state index is 0.00605. The Bertz CT molecular complexity index is 5900. The van der Waals surface area contributed by atoms with Crippen LogP contribution in [0.4, 0.5) is 17.6 Å². The second-order valence-corrected chi connectivity index (χ2v) is 36.9. The molecule has 0 bridgehead atoms. The molecule has 6 aromatic heterocycles. The lowest BCUT2D eigenvalue weighted by atomic mass is 9.65. The van der Waals surface area contributed by atoms with Crippen LogP contribution in [-0.2, 0) is 36.5 Å². The molecular weight excluding hydrogens is 1530 g/mol. The number of aryl methyl sites for hydroxylation is 4. The second-order valence-electron chi connectivity index (χ2n) is 30.6. The summed E-state index contributed by atoms with van der Waals surface area (Å²) in [4.78, 5) is 39.6. The summed E-state index contributed by atoms with van der Waals surface area (Å²) < 4.78 is 68.7. The minimum Gasteiger partial charge on any atom is -0.289 e. The number of nitriles is 2. The van der Waals surface area contributed by atoms with Crippen LogP contribution in [0.3, 0.4) is 0 Å². The molecule has 4 aliphatic carbocycles. The van der Waals surface area contributed by atoms with Crippen molar-refractivity contribution in [2.24, 2.45) is 0 Å². The average molecular weight is 1610 g/mol. The minimum atomic E-state index is -1.19. The molecule has 0 unspecified atom stereocenters. The molecule has 17 rings (SSSR count). The fourth-order valence-corrected chi connectivity index (χ4v) is 26.8. The van der Waals surface area contributed by atoms with Crippen molar-refractivity contribution < 1.29 is 27.2 Å². The maximum atomic E-state index is 15.1. The summed E-state index contributed by atoms with van der Waals surface area (Å²) in [7, 11) is 0. The lowest BCUT2D eigenvalue weighted by Crippen LogP contribution is -2.30. The summed E-state index contributed by atoms with van der Waals surface area (Å²) in [6.07, 6.45) is 25.5. The first-order valence-electron chi connectivity index (χ1n) is 39.8. The first-order valence-corrected chi connectivity index (χ1v) is 44.7. The third kappa shape index (κ3) is 12.7. The zero-order valence-electron chi connectivity index (χ0n) is 63.7. The van der Waals surface area contributed by atoms with Gasteiger partial charge in [-0.1, -0.05) is 202 Å². The van der Waals surface area contributed by atoms with Crippen molar-refractivity contribution in [2.45, 2.75) is 167 Å². The van der Waals surface area contributed by atoms with Gasteiger partial charge in [-0.2, -0.15) is 0 Å². The largest absolute Gasteiger partial charge is 0.289 e. The van der Waals surface area contributed by atoms with Crippen LogP contribution in [0.25, 0.3) is 91.5 Å². The van der Waals surface area contributed by atoms with Crippen LogP contribution in [0.15, 0.2) is 168 Å². The van der Waals surface area contributed by atoms with Crippen LogP contribution in [0.2, 0.25) is 0 Å². The summed E-state index contributed by atoms with van der Waals surface area (Å²) >= 11 is 10.1. The summed E-state index contributed by atoms with van der Waals surface area (Å²) in [5.74, 6) is -5.91. The highest BCUT2D eigenvalue weighted by Gasteiger charge is 2.55. The molecule has 0 amide bonds. The monoisotopic (exact) mass is 1610 g/mol. The summed E-state index contributed by atoms with van der Waals surface area (Å²) in [6, 6.07) is 54.6. The number of hydrogen-bond acceptors (Lipinski definition) is 10. The van der Waals surface area contributed by atoms with Gasteiger partial charge in [0.15, 0.2) is 34.8 Å². The molecule has 0 atom stereocenters. The number of carbonyl (C=O) groups is 2. The van der Waals surface area contributed by atoms with Gasteiger partial charge in [0.05, 0.1) is 64.3 Å². The maximum Gasteiger partial charge on any atom is 0.270 e. The fraction of sp³-hybridized carbons (Fsp3) is 0.265. The lowest BCUT2D eigenvalue weighted by molar-refractivity contribution is 0.103. The second kappa shape index (κ2) is 31.5. The van der Waals surface area contributed by atoms with Crippen LogP contribution in [0, 0.1) is 59.1 Å². The van der Waals surface area contributed by atoms with Gasteiger partial charge in [0.2, 0.25) is 0 Å². The van der Waals surface area contributed by atoms with E-state index < -0.39 is 45.7 Å². The molecule has 13 aromatic rings. The number of Topliss-reactive ketones (excluding diaryl/α,β-unsaturated/α-hetero) is 2. The molecule has 0 saturated heterocycles. The van der Waals surface area contributed by atoms with E-state index in [0.29, 0.717) is 9.75 Å². The molecule has 16 heteroatoms. The van der Waals surface area contributed by atoms with Crippen molar-refractivity contribution >= 4 is 140 Å². The Morgan fingerprint density at radius 3 is 0.974 bits per heavy atom. The predicted molar refractivity (Wildman–Crippen MR) is 465 cm³/mol. The normalized spacial score (nSPS) is 15.8. The first kappa shape index (κ1) is 76.4. The highest BCUT2D eigenvalue weighted by molar-refractivity contribution is 7.40. The van der Waals surface area contributed by atoms with E-state index in [9.17, 15) is 28.9 Å². The number of ketones is 2. The highest BCUT2D eigenvalue weighted by atomic mass is 32.1. The van der Waals surface area contributed by atoms with Gasteiger partial charge in [-0.3, -0.25) is 9.59 Å². The number of halogens is 4. The molecule has 6 nitrogen and oxygen atoms in total. The van der Waals surface area contributed by atoms with Crippen molar-refractivity contribution in [3.05, 3.63) is 313 Å². The van der Waals surface area contributed by atoms with E-state index in [2.05, 4.69) is 159 Å². The van der Waals surface area contributed by atoms with E-state index in [-0.39, 0.29) is 55.9 Å². The third-order valence-electron chi connectivity index (χ3n) is 23.7. The Kier molecular flexibility index (Phi) is 21.1. The summed E-state index contributed by atoms with van der Waals surface area (Å²) in [6.45, 7) is 25.0. The molecule has 6 heterocycles. The molecular formula is C98H78F4N4O2S6. The van der Waals surface area contributed by atoms with Crippen molar-refractivity contribution in [1.29, 1.82) is 10.5 Å². The number of hydrogen-bond donors (Lipinski definition) is 0. The number of carbonyl (C=O) groups excluding carboxylic acids is 2. The van der Waals surface area contributed by atoms with Crippen molar-refractivity contribution in [2.75, 3.05) is 0 Å². The van der Waals surface area contributed by atoms with Gasteiger partial charge in [0.25, 0.3) is 11.4 Å². The average Bonchev–Trinajstić information content (AvgIpc) is 1.48. The topological polar surface area (TPSA) is 90.4 Å². The SMILES string of the molecule is [C-]#[N+]C(C#N)=C1/C(=C/c2cc3sc4c5c(sc4c3s2)-c2cc3c(cc2C5(c2ccc(CCCCCC)cc2)c2ccc(CCCCCC)cc2)-c2sc4c(sc5cc(/C=C6\C(=O)c7cc(F)c(F)cc7\C6=C(\C#N)[N+]#[C-])sc54)c2C3(c2ccc(CCCCCC)cc2)c2ccc(CCCCCC)cc2)C(=O)c2cc(F)c(F)cc21. The van der Waals surface area contributed by atoms with Gasteiger partial charge in [-0.05, 0) is 190 Å². The Balaban J connectivity index is 0.933. The predicted octanol–water partition coefficient (Wildman–Crippen LogP) is 29.3. The van der Waals surface area contributed by atoms with E-state index >= 15 is 8.78 Å². The van der Waals surface area contributed by atoms with Crippen LogP contribution < -0.4 is 0 Å². The number of nitrogens with zero attached hydrogens (tertiary/aromatic N) is 4. The first-order chi connectivity index (χ1) is 55.6. The number of fused-ring (bicyclic) bond motifs is 16. The quantitative estimate of drug-likeness (QED) is 0.0178. The Morgan fingerprint density at radius 2 is 0.684 bits per heavy atom. The zero-order chi connectivity index (χ0) is 78.8. The van der Waals surface area contributed by atoms with Gasteiger partial charge < -0.3 is 0 Å². The molecule has 0 N–H and O–H groups in total. The fourth-order valence-electron chi connectivity index (χ4n) is 18.1. The van der Waals surface area contributed by atoms with Crippen LogP contribution in [0.1, 0.15) is 239 Å². The summed E-state index contributed by atoms with van der Waals surface area (Å²) in [5.41, 5.74) is 14.2. The molecule has 566 valence electrons. The van der Waals surface area contributed by atoms with Gasteiger partial charge in [-0.15, -0.1) is 68.0 Å².